The fourth-order valence-electron chi connectivity index (χ4n) is 11.3. The normalized spacial score (nSPS) is 14.5. The zero-order valence-electron chi connectivity index (χ0n) is 52.9. The molecule has 9 aromatic rings. The molecule has 0 unspecified atom stereocenters. The van der Waals surface area contributed by atoms with Gasteiger partial charge in [0.1, 0.15) is 35.7 Å². The number of anilines is 1. The van der Waals surface area contributed by atoms with Crippen LogP contribution in [-0.4, -0.2) is 83.3 Å². The molecule has 1 saturated heterocycles. The van der Waals surface area contributed by atoms with E-state index in [1.165, 1.54) is 59.4 Å². The lowest BCUT2D eigenvalue weighted by atomic mass is 9.98. The number of aliphatic imine (C=N–C) groups is 2. The summed E-state index contributed by atoms with van der Waals surface area (Å²) in [4.78, 5) is 54.5. The molecule has 8 aromatic carbocycles. The molecule has 1 aliphatic carbocycles. The van der Waals surface area contributed by atoms with Gasteiger partial charge in [0.2, 0.25) is 5.95 Å². The van der Waals surface area contributed by atoms with Crippen LogP contribution in [0.3, 0.4) is 0 Å². The Hall–Kier alpha value is -10.2. The van der Waals surface area contributed by atoms with Gasteiger partial charge in [0.15, 0.2) is 0 Å². The average Bonchev–Trinajstić information content (AvgIpc) is 1.71. The number of ether oxygens (including phenoxy) is 2. The molecule has 1 aromatic heterocycles. The Morgan fingerprint density at radius 3 is 1.55 bits per heavy atom. The van der Waals surface area contributed by atoms with Crippen molar-refractivity contribution in [2.45, 2.75) is 65.7 Å². The van der Waals surface area contributed by atoms with Crippen molar-refractivity contribution in [3.63, 3.8) is 0 Å². The van der Waals surface area contributed by atoms with Gasteiger partial charge in [-0.15, -0.1) is 0 Å². The van der Waals surface area contributed by atoms with E-state index in [2.05, 4.69) is 112 Å². The first-order valence-electron chi connectivity index (χ1n) is 31.7. The fraction of sp³-hybridized carbons (Fsp3) is 0.231. The van der Waals surface area contributed by atoms with Crippen LogP contribution >= 0.6 is 0 Å². The maximum Gasteiger partial charge on any atom is 0.259 e. The smallest absolute Gasteiger partial charge is 0.259 e. The van der Waals surface area contributed by atoms with Crippen molar-refractivity contribution < 1.29 is 32.6 Å². The second-order valence-electron chi connectivity index (χ2n) is 23.8. The fourth-order valence-corrected chi connectivity index (χ4v) is 11.3. The van der Waals surface area contributed by atoms with Gasteiger partial charge in [0.25, 0.3) is 17.7 Å². The number of aromatic nitrogens is 2. The van der Waals surface area contributed by atoms with Crippen LogP contribution in [0.5, 0.6) is 5.75 Å². The van der Waals surface area contributed by atoms with Gasteiger partial charge >= 0.3 is 0 Å². The molecule has 93 heavy (non-hydrogen) atoms. The quantitative estimate of drug-likeness (QED) is 0.0821. The van der Waals surface area contributed by atoms with Crippen molar-refractivity contribution in [1.29, 1.82) is 0 Å². The van der Waals surface area contributed by atoms with E-state index in [-0.39, 0.29) is 17.0 Å². The largest absolute Gasteiger partial charge is 0.492 e. The maximum absolute atomic E-state index is 14.1. The van der Waals surface area contributed by atoms with Crippen LogP contribution < -0.4 is 20.7 Å². The van der Waals surface area contributed by atoms with E-state index in [0.29, 0.717) is 61.4 Å². The number of nitrogens with one attached hydrogen (secondary N) is 3. The summed E-state index contributed by atoms with van der Waals surface area (Å²) in [5.74, 6) is 0.995. The zero-order valence-corrected chi connectivity index (χ0v) is 52.9. The first-order chi connectivity index (χ1) is 45.3. The van der Waals surface area contributed by atoms with Crippen LogP contribution in [0.25, 0.3) is 22.4 Å². The predicted octanol–water partition coefficient (Wildman–Crippen LogP) is 15.1. The molecule has 4 heterocycles. The Morgan fingerprint density at radius 2 is 1.01 bits per heavy atom. The number of hydrogen-bond acceptors (Lipinski definition) is 9. The standard InChI is InChI=1S/C30H30FN3O3.C26H25N3O.C22H21FN2O/c31-27-9-5-4-8-25(27)30(35)33-29-21-26(28(32-29)20-22-6-2-1-3-7-22)23-10-12-24(13-11-23)37-19-16-34-14-17-36-18-15-34;1-18-9-13-21(14-10-18)24-23(17-20-7-5-4-6-8-20)27-26(29(24)3)28-25(30)22-15-11-19(2)12-16-22;1-14-6-10-16(11-7-14)18-13-21(24-20(18)12-15-8-9-15)25-22(26)17-4-2-3-5-19(17)23/h1-13H,14-21H2,(H,32,33,35);4-16H,17H2,1-3H3,(H,27,28,30);2-7,10-11,15H,8-9,12-13H2,1H3,(H,24,25,26). The Labute approximate surface area is 542 Å². The van der Waals surface area contributed by atoms with E-state index in [1.54, 1.807) is 24.3 Å². The molecule has 0 atom stereocenters. The molecule has 0 radical (unpaired) electrons. The third kappa shape index (κ3) is 17.4. The van der Waals surface area contributed by atoms with Crippen molar-refractivity contribution in [2.24, 2.45) is 23.0 Å². The summed E-state index contributed by atoms with van der Waals surface area (Å²) in [7, 11) is 1.95. The predicted molar refractivity (Wildman–Crippen MR) is 365 cm³/mol. The van der Waals surface area contributed by atoms with E-state index in [0.717, 1.165) is 101 Å². The first kappa shape index (κ1) is 64.3. The highest BCUT2D eigenvalue weighted by molar-refractivity contribution is 6.12. The summed E-state index contributed by atoms with van der Waals surface area (Å²) < 4.78 is 41.3. The van der Waals surface area contributed by atoms with Crippen molar-refractivity contribution in [2.75, 3.05) is 44.8 Å². The number of aryl methyl sites for hydroxylation is 3. The summed E-state index contributed by atoms with van der Waals surface area (Å²) in [5, 5.41) is 8.60. The molecule has 0 bridgehead atoms. The number of nitrogens with zero attached hydrogens (tertiary/aromatic N) is 5. The minimum Gasteiger partial charge on any atom is -0.492 e. The van der Waals surface area contributed by atoms with Crippen molar-refractivity contribution in [1.82, 2.24) is 25.1 Å². The third-order valence-electron chi connectivity index (χ3n) is 16.7. The Bertz CT molecular complexity index is 4210. The molecule has 1 saturated carbocycles. The summed E-state index contributed by atoms with van der Waals surface area (Å²) >= 11 is 0. The van der Waals surface area contributed by atoms with Gasteiger partial charge in [-0.05, 0) is 128 Å². The van der Waals surface area contributed by atoms with E-state index in [1.807, 2.05) is 103 Å². The molecule has 3 aliphatic heterocycles. The van der Waals surface area contributed by atoms with Crippen LogP contribution in [0, 0.1) is 38.3 Å². The molecule has 0 spiro atoms. The van der Waals surface area contributed by atoms with Gasteiger partial charge in [0.05, 0.1) is 41.4 Å². The molecular formula is C78H76F2N8O5. The Balaban J connectivity index is 0.000000145. The molecule has 472 valence electrons. The number of carbonyl (C=O) groups is 3. The molecule has 13 rings (SSSR count). The van der Waals surface area contributed by atoms with E-state index >= 15 is 0 Å². The third-order valence-corrected chi connectivity index (χ3v) is 16.7. The number of allylic oxidation sites excluding steroid dienone is 2. The van der Waals surface area contributed by atoms with E-state index in [4.69, 9.17) is 19.5 Å². The number of hydrogen-bond donors (Lipinski definition) is 3. The number of rotatable bonds is 17. The average molecular weight is 1240 g/mol. The Morgan fingerprint density at radius 1 is 0.538 bits per heavy atom. The number of benzene rings is 8. The van der Waals surface area contributed by atoms with Crippen LogP contribution in [0.1, 0.15) is 108 Å². The van der Waals surface area contributed by atoms with Crippen LogP contribution in [-0.2, 0) is 24.6 Å². The van der Waals surface area contributed by atoms with Gasteiger partial charge < -0.3 is 24.7 Å². The molecule has 4 aliphatic rings. The topological polar surface area (TPSA) is 152 Å². The second-order valence-corrected chi connectivity index (χ2v) is 23.8. The van der Waals surface area contributed by atoms with Gasteiger partial charge in [0, 0.05) is 69.2 Å². The lowest BCUT2D eigenvalue weighted by Crippen LogP contribution is -2.38. The summed E-state index contributed by atoms with van der Waals surface area (Å²) in [6.45, 7) is 11.1. The molecule has 3 amide bonds. The highest BCUT2D eigenvalue weighted by Crippen LogP contribution is 2.41. The highest BCUT2D eigenvalue weighted by Gasteiger charge is 2.29. The molecular weight excluding hydrogens is 1170 g/mol. The number of morpholine rings is 1. The molecule has 3 N–H and O–H groups in total. The van der Waals surface area contributed by atoms with Crippen molar-refractivity contribution in [3.8, 4) is 17.0 Å². The van der Waals surface area contributed by atoms with Gasteiger partial charge in [-0.1, -0.05) is 174 Å². The van der Waals surface area contributed by atoms with Crippen LogP contribution in [0.2, 0.25) is 0 Å². The monoisotopic (exact) mass is 1240 g/mol. The number of amides is 3. The van der Waals surface area contributed by atoms with Crippen molar-refractivity contribution in [3.05, 3.63) is 291 Å². The van der Waals surface area contributed by atoms with E-state index in [9.17, 15) is 23.2 Å². The van der Waals surface area contributed by atoms with Gasteiger partial charge in [-0.25, -0.2) is 23.7 Å². The lowest BCUT2D eigenvalue weighted by molar-refractivity contribution is 0.0322. The summed E-state index contributed by atoms with van der Waals surface area (Å²) in [5.41, 5.74) is 15.8. The SMILES string of the molecule is Cc1ccc(C(=O)Nc2nc(Cc3ccccc3)c(-c3ccc(C)cc3)n2C)cc1.Cc1ccc(C2=C(CC3CC3)N=C(NC(=O)c3ccccc3F)C2)cc1.O=C(NC1=NC(Cc2ccccc2)=C(c2ccc(OCCN3CCOCC3)cc2)C1)c1ccccc1F. The Kier molecular flexibility index (Phi) is 21.3. The molecule has 2 fully saturated rings. The van der Waals surface area contributed by atoms with Crippen LogP contribution in [0.15, 0.2) is 228 Å². The van der Waals surface area contributed by atoms with Gasteiger partial charge in [-0.3, -0.25) is 24.6 Å². The zero-order chi connectivity index (χ0) is 64.6. The number of imidazole rings is 1. The number of halogens is 2. The van der Waals surface area contributed by atoms with Crippen LogP contribution in [0.4, 0.5) is 14.7 Å². The van der Waals surface area contributed by atoms with E-state index < -0.39 is 23.4 Å². The highest BCUT2D eigenvalue weighted by atomic mass is 19.1. The summed E-state index contributed by atoms with van der Waals surface area (Å²) in [6.07, 6.45) is 5.80. The minimum atomic E-state index is -0.555. The maximum atomic E-state index is 14.1. The second kappa shape index (κ2) is 30.7. The molecule has 13 nitrogen and oxygen atoms in total. The minimum absolute atomic E-state index is 0.00170. The number of carbonyl (C=O) groups excluding carboxylic acids is 3. The van der Waals surface area contributed by atoms with Crippen molar-refractivity contribution >= 4 is 46.5 Å². The first-order valence-corrected chi connectivity index (χ1v) is 31.7. The molecule has 15 heteroatoms. The summed E-state index contributed by atoms with van der Waals surface area (Å²) in [6, 6.07) is 64.6. The van der Waals surface area contributed by atoms with Gasteiger partial charge in [-0.2, -0.15) is 0 Å². The lowest BCUT2D eigenvalue weighted by Gasteiger charge is -2.26. The number of amidine groups is 2.